The van der Waals surface area contributed by atoms with E-state index in [0.29, 0.717) is 6.10 Å². The molecule has 0 rings (SSSR count). The van der Waals surface area contributed by atoms with Gasteiger partial charge in [0.1, 0.15) is 0 Å². The van der Waals surface area contributed by atoms with Crippen molar-refractivity contribution in [1.29, 1.82) is 0 Å². The molecule has 0 aromatic heterocycles. The molecule has 1 N–H and O–H groups in total. The van der Waals surface area contributed by atoms with Crippen molar-refractivity contribution in [1.82, 2.24) is 0 Å². The Morgan fingerprint density at radius 2 is 1.65 bits per heavy atom. The molecule has 0 aromatic carbocycles. The predicted molar refractivity (Wildman–Crippen MR) is 77.9 cm³/mol. The van der Waals surface area contributed by atoms with E-state index in [4.69, 9.17) is 9.53 Å². The molecule has 0 spiro atoms. The maximum atomic E-state index is 8.95. The molecular formula is C14H32O2Si. The van der Waals surface area contributed by atoms with Gasteiger partial charge in [-0.2, -0.15) is 0 Å². The number of aliphatic hydroxyl groups excluding tert-OH is 1. The Balaban J connectivity index is 4.39. The van der Waals surface area contributed by atoms with Crippen LogP contribution in [-0.2, 0) is 4.43 Å². The molecule has 0 bridgehead atoms. The van der Waals surface area contributed by atoms with Gasteiger partial charge in [0.15, 0.2) is 8.32 Å². The zero-order valence-electron chi connectivity index (χ0n) is 12.7. The van der Waals surface area contributed by atoms with Crippen LogP contribution in [0.3, 0.4) is 0 Å². The summed E-state index contributed by atoms with van der Waals surface area (Å²) < 4.78 is 6.43. The Labute approximate surface area is 109 Å². The number of rotatable bonds is 8. The Morgan fingerprint density at radius 1 is 1.12 bits per heavy atom. The summed E-state index contributed by atoms with van der Waals surface area (Å²) in [5.41, 5.74) is 0. The lowest BCUT2D eigenvalue weighted by molar-refractivity contribution is 0.145. The van der Waals surface area contributed by atoms with Gasteiger partial charge >= 0.3 is 0 Å². The molecule has 0 saturated heterocycles. The molecule has 3 heteroatoms. The monoisotopic (exact) mass is 260 g/mol. The van der Waals surface area contributed by atoms with Crippen LogP contribution in [0.2, 0.25) is 18.1 Å². The average molecular weight is 260 g/mol. The topological polar surface area (TPSA) is 29.5 Å². The molecule has 0 amide bonds. The third-order valence-electron chi connectivity index (χ3n) is 3.83. The second-order valence-electron chi connectivity index (χ2n) is 6.51. The van der Waals surface area contributed by atoms with Crippen LogP contribution >= 0.6 is 0 Å². The van der Waals surface area contributed by atoms with Crippen molar-refractivity contribution < 1.29 is 9.53 Å². The summed E-state index contributed by atoms with van der Waals surface area (Å²) in [6, 6.07) is 0. The number of aliphatic hydroxyl groups is 1. The molecule has 0 fully saturated rings. The first-order chi connectivity index (χ1) is 7.74. The lowest BCUT2D eigenvalue weighted by atomic mass is 10.1. The van der Waals surface area contributed by atoms with Crippen LogP contribution in [-0.4, -0.2) is 26.1 Å². The summed E-state index contributed by atoms with van der Waals surface area (Å²) in [6.07, 6.45) is 5.80. The standard InChI is InChI=1S/C14H32O2Si/c1-7-8-10-13(11-9-12-15)16-17(5,6)14(2,3)4/h13,15H,7-12H2,1-6H3. The van der Waals surface area contributed by atoms with Gasteiger partial charge in [-0.3, -0.25) is 0 Å². The van der Waals surface area contributed by atoms with Gasteiger partial charge in [-0.05, 0) is 37.4 Å². The van der Waals surface area contributed by atoms with Gasteiger partial charge in [0.25, 0.3) is 0 Å². The van der Waals surface area contributed by atoms with Crippen molar-refractivity contribution in [3.05, 3.63) is 0 Å². The lowest BCUT2D eigenvalue weighted by Crippen LogP contribution is -2.44. The quantitative estimate of drug-likeness (QED) is 0.658. The van der Waals surface area contributed by atoms with E-state index >= 15 is 0 Å². The van der Waals surface area contributed by atoms with E-state index in [1.165, 1.54) is 12.8 Å². The van der Waals surface area contributed by atoms with E-state index in [-0.39, 0.29) is 11.6 Å². The van der Waals surface area contributed by atoms with Gasteiger partial charge in [-0.15, -0.1) is 0 Å². The molecule has 0 aliphatic heterocycles. The van der Waals surface area contributed by atoms with Crippen LogP contribution in [0.5, 0.6) is 0 Å². The summed E-state index contributed by atoms with van der Waals surface area (Å²) in [5.74, 6) is 0. The molecule has 1 atom stereocenters. The van der Waals surface area contributed by atoms with Crippen molar-refractivity contribution in [2.75, 3.05) is 6.61 Å². The predicted octanol–water partition coefficient (Wildman–Crippen LogP) is 4.34. The fraction of sp³-hybridized carbons (Fsp3) is 1.00. The zero-order chi connectivity index (χ0) is 13.5. The van der Waals surface area contributed by atoms with E-state index < -0.39 is 8.32 Å². The van der Waals surface area contributed by atoms with Crippen molar-refractivity contribution in [2.45, 2.75) is 84.0 Å². The minimum absolute atomic E-state index is 0.274. The molecule has 17 heavy (non-hydrogen) atoms. The molecule has 0 saturated carbocycles. The molecule has 104 valence electrons. The molecule has 0 aromatic rings. The van der Waals surface area contributed by atoms with Gasteiger partial charge in [0.05, 0.1) is 0 Å². The maximum absolute atomic E-state index is 8.95. The maximum Gasteiger partial charge on any atom is 0.192 e. The van der Waals surface area contributed by atoms with Crippen molar-refractivity contribution >= 4 is 8.32 Å². The Hall–Kier alpha value is 0.137. The number of hydrogen-bond acceptors (Lipinski definition) is 2. The first-order valence-electron chi connectivity index (χ1n) is 7.03. The smallest absolute Gasteiger partial charge is 0.192 e. The molecule has 0 aliphatic rings. The van der Waals surface area contributed by atoms with E-state index in [9.17, 15) is 0 Å². The molecule has 0 aliphatic carbocycles. The molecule has 1 unspecified atom stereocenters. The first kappa shape index (κ1) is 17.1. The third-order valence-corrected chi connectivity index (χ3v) is 8.37. The highest BCUT2D eigenvalue weighted by Gasteiger charge is 2.38. The molecule has 2 nitrogen and oxygen atoms in total. The minimum atomic E-state index is -1.65. The second kappa shape index (κ2) is 7.55. The van der Waals surface area contributed by atoms with E-state index in [2.05, 4.69) is 40.8 Å². The Morgan fingerprint density at radius 3 is 2.06 bits per heavy atom. The largest absolute Gasteiger partial charge is 0.414 e. The van der Waals surface area contributed by atoms with Gasteiger partial charge in [-0.1, -0.05) is 40.5 Å². The highest BCUT2D eigenvalue weighted by atomic mass is 28.4. The summed E-state index contributed by atoms with van der Waals surface area (Å²) in [6.45, 7) is 14.0. The van der Waals surface area contributed by atoms with Crippen LogP contribution in [0.1, 0.15) is 59.8 Å². The minimum Gasteiger partial charge on any atom is -0.414 e. The lowest BCUT2D eigenvalue weighted by Gasteiger charge is -2.39. The number of hydrogen-bond donors (Lipinski definition) is 1. The van der Waals surface area contributed by atoms with Crippen LogP contribution in [0.4, 0.5) is 0 Å². The van der Waals surface area contributed by atoms with Gasteiger partial charge in [0.2, 0.25) is 0 Å². The van der Waals surface area contributed by atoms with Crippen LogP contribution in [0.25, 0.3) is 0 Å². The highest BCUT2D eigenvalue weighted by molar-refractivity contribution is 6.74. The Kier molecular flexibility index (Phi) is 7.61. The van der Waals surface area contributed by atoms with Gasteiger partial charge in [0, 0.05) is 12.7 Å². The van der Waals surface area contributed by atoms with Crippen molar-refractivity contribution in [3.8, 4) is 0 Å². The summed E-state index contributed by atoms with van der Waals surface area (Å²) >= 11 is 0. The van der Waals surface area contributed by atoms with Crippen LogP contribution < -0.4 is 0 Å². The van der Waals surface area contributed by atoms with E-state index in [1.807, 2.05) is 0 Å². The molecule has 0 heterocycles. The van der Waals surface area contributed by atoms with Crippen molar-refractivity contribution in [3.63, 3.8) is 0 Å². The fourth-order valence-corrected chi connectivity index (χ4v) is 3.03. The van der Waals surface area contributed by atoms with Crippen LogP contribution in [0, 0.1) is 0 Å². The Bertz CT molecular complexity index is 189. The van der Waals surface area contributed by atoms with Crippen molar-refractivity contribution in [2.24, 2.45) is 0 Å². The first-order valence-corrected chi connectivity index (χ1v) is 9.94. The highest BCUT2D eigenvalue weighted by Crippen LogP contribution is 2.38. The summed E-state index contributed by atoms with van der Waals surface area (Å²) in [7, 11) is -1.65. The fourth-order valence-electron chi connectivity index (χ4n) is 1.61. The summed E-state index contributed by atoms with van der Waals surface area (Å²) in [5, 5.41) is 9.23. The second-order valence-corrected chi connectivity index (χ2v) is 11.3. The normalized spacial score (nSPS) is 15.0. The summed E-state index contributed by atoms with van der Waals surface area (Å²) in [4.78, 5) is 0. The van der Waals surface area contributed by atoms with Gasteiger partial charge in [-0.25, -0.2) is 0 Å². The third kappa shape index (κ3) is 6.58. The van der Waals surface area contributed by atoms with Crippen LogP contribution in [0.15, 0.2) is 0 Å². The van der Waals surface area contributed by atoms with E-state index in [0.717, 1.165) is 19.3 Å². The zero-order valence-corrected chi connectivity index (χ0v) is 13.7. The molecular weight excluding hydrogens is 228 g/mol. The van der Waals surface area contributed by atoms with Gasteiger partial charge < -0.3 is 9.53 Å². The average Bonchev–Trinajstić information content (AvgIpc) is 2.20. The molecule has 0 radical (unpaired) electrons. The van der Waals surface area contributed by atoms with E-state index in [1.54, 1.807) is 0 Å². The number of unbranched alkanes of at least 4 members (excludes halogenated alkanes) is 1. The SMILES string of the molecule is CCCCC(CCCO)O[Si](C)(C)C(C)(C)C.